The Balaban J connectivity index is 0.000000155. The number of nitro groups is 1. The van der Waals surface area contributed by atoms with E-state index >= 15 is 0 Å². The minimum Gasteiger partial charge on any atom is -0.397 e. The van der Waals surface area contributed by atoms with Crippen molar-refractivity contribution in [1.29, 1.82) is 0 Å². The molecule has 0 unspecified atom stereocenters. The Morgan fingerprint density at radius 1 is 0.706 bits per heavy atom. The monoisotopic (exact) mass is 472 g/mol. The Morgan fingerprint density at radius 2 is 1.15 bits per heavy atom. The second kappa shape index (κ2) is 10.8. The molecule has 2 aromatic carbocycles. The van der Waals surface area contributed by atoms with Gasteiger partial charge in [-0.3, -0.25) is 29.3 Å². The van der Waals surface area contributed by atoms with Gasteiger partial charge in [-0.1, -0.05) is 12.1 Å². The Labute approximate surface area is 188 Å². The molecule has 0 aliphatic carbocycles. The summed E-state index contributed by atoms with van der Waals surface area (Å²) < 4.78 is 9.89. The third-order valence-corrected chi connectivity index (χ3v) is 4.47. The minimum absolute atomic E-state index is 0.0205. The summed E-state index contributed by atoms with van der Waals surface area (Å²) >= 11 is 0. The van der Waals surface area contributed by atoms with Crippen LogP contribution in [-0.2, 0) is 9.47 Å². The first-order chi connectivity index (χ1) is 16.3. The smallest absolute Gasteiger partial charge is 0.314 e. The van der Waals surface area contributed by atoms with Crippen molar-refractivity contribution in [2.24, 2.45) is 0 Å². The van der Waals surface area contributed by atoms with Gasteiger partial charge in [-0.15, -0.1) is 0 Å². The fourth-order valence-electron chi connectivity index (χ4n) is 2.88. The maximum absolute atomic E-state index is 11.0. The molecule has 178 valence electrons. The molecule has 14 nitrogen and oxygen atoms in total. The fourth-order valence-corrected chi connectivity index (χ4v) is 2.88. The van der Waals surface area contributed by atoms with Crippen molar-refractivity contribution in [3.8, 4) is 0 Å². The van der Waals surface area contributed by atoms with Crippen LogP contribution < -0.4 is 28.0 Å². The highest BCUT2D eigenvalue weighted by Crippen LogP contribution is 2.19. The third-order valence-electron chi connectivity index (χ3n) is 4.47. The number of non-ortho nitro benzene ring substituents is 1. The third kappa shape index (κ3) is 5.81. The number of hydrogen-bond acceptors (Lipinski definition) is 9. The fraction of sp³-hybridized carbons (Fsp3) is 0.200. The Bertz CT molecular complexity index is 1540. The number of rotatable bonds is 1. The lowest BCUT2D eigenvalue weighted by Gasteiger charge is -2.09. The van der Waals surface area contributed by atoms with Crippen molar-refractivity contribution >= 4 is 33.4 Å². The summed E-state index contributed by atoms with van der Waals surface area (Å²) in [5, 5.41) is 10.6. The van der Waals surface area contributed by atoms with Crippen LogP contribution in [0.5, 0.6) is 0 Å². The van der Waals surface area contributed by atoms with Crippen molar-refractivity contribution in [2.75, 3.05) is 32.2 Å². The van der Waals surface area contributed by atoms with E-state index in [-0.39, 0.29) is 16.7 Å². The number of benzene rings is 2. The molecule has 5 rings (SSSR count). The van der Waals surface area contributed by atoms with Crippen molar-refractivity contribution in [2.45, 2.75) is 0 Å². The Morgan fingerprint density at radius 3 is 1.65 bits per heavy atom. The van der Waals surface area contributed by atoms with Crippen LogP contribution >= 0.6 is 0 Å². The molecular formula is C20H20N6O8. The molecule has 34 heavy (non-hydrogen) atoms. The topological polar surface area (TPSA) is 219 Å². The maximum Gasteiger partial charge on any atom is 0.314 e. The summed E-state index contributed by atoms with van der Waals surface area (Å²) in [6, 6.07) is 9.16. The van der Waals surface area contributed by atoms with Crippen LogP contribution in [0.3, 0.4) is 0 Å². The molecule has 14 heteroatoms. The second-order valence-corrected chi connectivity index (χ2v) is 6.77. The zero-order valence-electron chi connectivity index (χ0n) is 17.6. The van der Waals surface area contributed by atoms with Gasteiger partial charge in [0.1, 0.15) is 5.52 Å². The van der Waals surface area contributed by atoms with Gasteiger partial charge < -0.3 is 35.1 Å². The molecule has 0 atom stereocenters. The number of aromatic amines is 4. The van der Waals surface area contributed by atoms with E-state index in [9.17, 15) is 29.3 Å². The molecule has 2 aromatic heterocycles. The second-order valence-electron chi connectivity index (χ2n) is 6.77. The van der Waals surface area contributed by atoms with Gasteiger partial charge in [0.25, 0.3) is 5.69 Å². The van der Waals surface area contributed by atoms with E-state index in [1.807, 2.05) is 0 Å². The van der Waals surface area contributed by atoms with E-state index in [2.05, 4.69) is 19.9 Å². The number of fused-ring (bicyclic) bond motifs is 2. The van der Waals surface area contributed by atoms with Crippen LogP contribution in [0.15, 0.2) is 55.6 Å². The largest absolute Gasteiger partial charge is 0.397 e. The van der Waals surface area contributed by atoms with Gasteiger partial charge in [0.2, 0.25) is 0 Å². The normalized spacial score (nSPS) is 12.8. The van der Waals surface area contributed by atoms with Gasteiger partial charge in [0.05, 0.1) is 53.6 Å². The van der Waals surface area contributed by atoms with E-state index in [0.29, 0.717) is 16.7 Å². The number of nitrogens with zero attached hydrogens (tertiary/aromatic N) is 1. The van der Waals surface area contributed by atoms with Gasteiger partial charge in [0, 0.05) is 6.07 Å². The molecule has 1 fully saturated rings. The highest BCUT2D eigenvalue weighted by molar-refractivity contribution is 5.85. The number of nitrogen functional groups attached to an aromatic ring is 1. The van der Waals surface area contributed by atoms with Crippen molar-refractivity contribution in [3.63, 3.8) is 0 Å². The van der Waals surface area contributed by atoms with Crippen LogP contribution in [0, 0.1) is 10.1 Å². The van der Waals surface area contributed by atoms with Gasteiger partial charge >= 0.3 is 22.2 Å². The number of para-hydroxylation sites is 2. The molecule has 4 aromatic rings. The molecular weight excluding hydrogens is 452 g/mol. The number of aromatic nitrogens is 4. The van der Waals surface area contributed by atoms with Crippen molar-refractivity contribution < 1.29 is 14.4 Å². The Hall–Kier alpha value is -4.56. The number of nitrogens with one attached hydrogen (secondary N) is 4. The molecule has 0 spiro atoms. The maximum atomic E-state index is 11.0. The predicted octanol–water partition coefficient (Wildman–Crippen LogP) is -0.0436. The Kier molecular flexibility index (Phi) is 7.68. The molecule has 0 saturated carbocycles. The summed E-state index contributed by atoms with van der Waals surface area (Å²) in [5.74, 6) is 0. The van der Waals surface area contributed by atoms with Gasteiger partial charge in [0.15, 0.2) is 0 Å². The molecule has 3 heterocycles. The molecule has 0 radical (unpaired) electrons. The van der Waals surface area contributed by atoms with Crippen LogP contribution in [0.25, 0.3) is 22.1 Å². The lowest BCUT2D eigenvalue weighted by atomic mass is 10.2. The van der Waals surface area contributed by atoms with Crippen LogP contribution in [0.4, 0.5) is 11.4 Å². The van der Waals surface area contributed by atoms with E-state index in [4.69, 9.17) is 15.2 Å². The van der Waals surface area contributed by atoms with Crippen molar-refractivity contribution in [3.05, 3.63) is 87.9 Å². The number of hydrogen-bond donors (Lipinski definition) is 5. The highest BCUT2D eigenvalue weighted by atomic mass is 16.6. The standard InChI is InChI=1S/C8H5N3O4.C8H7N3O2.C4H8O2/c12-7-8(13)10-6-4(9-7)2-1-3-5(6)11(14)15;9-4-2-1-3-5-6(4)11-8(13)7(12)10-5;1-2-6-4-3-5-1/h1-3H,(H,9,12)(H,10,13);1-3H,9H2,(H,10,12)(H,11,13);1-4H2. The zero-order chi connectivity index (χ0) is 24.7. The van der Waals surface area contributed by atoms with Crippen LogP contribution in [-0.4, -0.2) is 51.3 Å². The van der Waals surface area contributed by atoms with E-state index in [1.165, 1.54) is 18.2 Å². The first-order valence-corrected chi connectivity index (χ1v) is 9.84. The highest BCUT2D eigenvalue weighted by Gasteiger charge is 2.12. The number of nitro benzene ring substituents is 1. The molecule has 1 aliphatic rings. The summed E-state index contributed by atoms with van der Waals surface area (Å²) in [7, 11) is 0. The van der Waals surface area contributed by atoms with Crippen LogP contribution in [0.1, 0.15) is 0 Å². The van der Waals surface area contributed by atoms with E-state index in [1.54, 1.807) is 18.2 Å². The average Bonchev–Trinajstić information content (AvgIpc) is 2.83. The molecule has 1 aliphatic heterocycles. The zero-order valence-corrected chi connectivity index (χ0v) is 17.6. The first kappa shape index (κ1) is 24.1. The van der Waals surface area contributed by atoms with Gasteiger partial charge in [-0.25, -0.2) is 0 Å². The summed E-state index contributed by atoms with van der Waals surface area (Å²) in [6.45, 7) is 3.11. The summed E-state index contributed by atoms with van der Waals surface area (Å²) in [6.07, 6.45) is 0. The quantitative estimate of drug-likeness (QED) is 0.108. The first-order valence-electron chi connectivity index (χ1n) is 9.84. The molecule has 6 N–H and O–H groups in total. The summed E-state index contributed by atoms with van der Waals surface area (Å²) in [4.78, 5) is 63.0. The number of ether oxygens (including phenoxy) is 2. The van der Waals surface area contributed by atoms with Gasteiger partial charge in [-0.2, -0.15) is 0 Å². The predicted molar refractivity (Wildman–Crippen MR) is 123 cm³/mol. The number of H-pyrrole nitrogens is 4. The average molecular weight is 472 g/mol. The van der Waals surface area contributed by atoms with E-state index in [0.717, 1.165) is 26.4 Å². The molecule has 0 bridgehead atoms. The van der Waals surface area contributed by atoms with E-state index < -0.39 is 27.2 Å². The SMILES string of the molecule is C1COCCO1.Nc1cccc2[nH]c(=O)c(=O)[nH]c12.O=c1[nH]c2cccc([N+](=O)[O-])c2[nH]c1=O. The minimum atomic E-state index is -0.906. The molecule has 0 amide bonds. The number of anilines is 1. The summed E-state index contributed by atoms with van der Waals surface area (Å²) in [5.41, 5.74) is 3.92. The lowest BCUT2D eigenvalue weighted by molar-refractivity contribution is -0.383. The van der Waals surface area contributed by atoms with Crippen molar-refractivity contribution in [1.82, 2.24) is 19.9 Å². The number of nitrogens with two attached hydrogens (primary N) is 1. The van der Waals surface area contributed by atoms with Gasteiger partial charge in [-0.05, 0) is 18.2 Å². The van der Waals surface area contributed by atoms with Crippen LogP contribution in [0.2, 0.25) is 0 Å². The lowest BCUT2D eigenvalue weighted by Crippen LogP contribution is -2.29. The molecule has 1 saturated heterocycles.